The predicted molar refractivity (Wildman–Crippen MR) is 79.9 cm³/mol. The number of aromatic nitrogens is 2. The standard InChI is InChI=1S/C11H13N5S.CH4/c1-7-9(12)10(14-11(13)17)16(15-7)8-5-3-2-4-6-8;/h2-6H,12H2,1H3,(H3,13,14,17);1H4. The molecule has 2 aromatic rings. The van der Waals surface area contributed by atoms with Gasteiger partial charge in [-0.15, -0.1) is 0 Å². The van der Waals surface area contributed by atoms with Crippen LogP contribution < -0.4 is 16.8 Å². The van der Waals surface area contributed by atoms with Gasteiger partial charge in [-0.05, 0) is 31.3 Å². The number of nitrogens with one attached hydrogen (secondary N) is 1. The van der Waals surface area contributed by atoms with Gasteiger partial charge < -0.3 is 16.8 Å². The summed E-state index contributed by atoms with van der Waals surface area (Å²) in [5.41, 5.74) is 13.6. The van der Waals surface area contributed by atoms with Crippen molar-refractivity contribution in [1.29, 1.82) is 0 Å². The summed E-state index contributed by atoms with van der Waals surface area (Å²) in [4.78, 5) is 0. The molecule has 1 aromatic carbocycles. The van der Waals surface area contributed by atoms with Gasteiger partial charge in [-0.2, -0.15) is 5.10 Å². The van der Waals surface area contributed by atoms with E-state index in [0.717, 1.165) is 11.4 Å². The third kappa shape index (κ3) is 2.60. The van der Waals surface area contributed by atoms with Crippen LogP contribution in [0, 0.1) is 6.92 Å². The van der Waals surface area contributed by atoms with Gasteiger partial charge in [0, 0.05) is 0 Å². The van der Waals surface area contributed by atoms with Gasteiger partial charge in [0.25, 0.3) is 0 Å². The highest BCUT2D eigenvalue weighted by atomic mass is 32.1. The summed E-state index contributed by atoms with van der Waals surface area (Å²) in [6.45, 7) is 1.83. The van der Waals surface area contributed by atoms with Crippen molar-refractivity contribution in [2.75, 3.05) is 11.1 Å². The predicted octanol–water partition coefficient (Wildman–Crippen LogP) is 2.05. The van der Waals surface area contributed by atoms with Gasteiger partial charge in [-0.25, -0.2) is 4.68 Å². The molecular formula is C12H17N5S. The molecule has 1 aromatic heterocycles. The number of rotatable bonds is 2. The van der Waals surface area contributed by atoms with Crippen molar-refractivity contribution in [3.63, 3.8) is 0 Å². The normalized spacial score (nSPS) is 9.61. The van der Waals surface area contributed by atoms with Crippen molar-refractivity contribution < 1.29 is 0 Å². The van der Waals surface area contributed by atoms with Crippen LogP contribution in [-0.2, 0) is 0 Å². The molecule has 0 amide bonds. The van der Waals surface area contributed by atoms with Gasteiger partial charge in [0.05, 0.1) is 17.1 Å². The number of nitrogen functional groups attached to an aromatic ring is 1. The lowest BCUT2D eigenvalue weighted by Gasteiger charge is -2.08. The number of benzene rings is 1. The van der Waals surface area contributed by atoms with Crippen LogP contribution in [-0.4, -0.2) is 14.9 Å². The van der Waals surface area contributed by atoms with Crippen molar-refractivity contribution in [1.82, 2.24) is 9.78 Å². The second-order valence-electron chi connectivity index (χ2n) is 3.58. The smallest absolute Gasteiger partial charge is 0.169 e. The summed E-state index contributed by atoms with van der Waals surface area (Å²) in [6, 6.07) is 9.64. The molecule has 0 saturated heterocycles. The minimum Gasteiger partial charge on any atom is -0.394 e. The van der Waals surface area contributed by atoms with Gasteiger partial charge in [-0.3, -0.25) is 0 Å². The highest BCUT2D eigenvalue weighted by molar-refractivity contribution is 7.80. The molecule has 0 spiro atoms. The second kappa shape index (κ2) is 5.50. The molecule has 2 rings (SSSR count). The highest BCUT2D eigenvalue weighted by Gasteiger charge is 2.13. The van der Waals surface area contributed by atoms with Gasteiger partial charge in [0.2, 0.25) is 0 Å². The minimum absolute atomic E-state index is 0. The molecule has 0 bridgehead atoms. The Labute approximate surface area is 112 Å². The molecule has 0 aliphatic heterocycles. The molecule has 5 nitrogen and oxygen atoms in total. The number of nitrogens with two attached hydrogens (primary N) is 2. The second-order valence-corrected chi connectivity index (χ2v) is 4.02. The van der Waals surface area contributed by atoms with E-state index in [2.05, 4.69) is 10.4 Å². The average molecular weight is 263 g/mol. The first-order chi connectivity index (χ1) is 8.09. The maximum Gasteiger partial charge on any atom is 0.169 e. The topological polar surface area (TPSA) is 81.9 Å². The molecule has 0 atom stereocenters. The van der Waals surface area contributed by atoms with Crippen molar-refractivity contribution in [3.05, 3.63) is 36.0 Å². The third-order valence-electron chi connectivity index (χ3n) is 2.35. The molecule has 96 valence electrons. The van der Waals surface area contributed by atoms with E-state index in [9.17, 15) is 0 Å². The lowest BCUT2D eigenvalue weighted by atomic mass is 10.3. The number of nitrogens with zero attached hydrogens (tertiary/aromatic N) is 2. The summed E-state index contributed by atoms with van der Waals surface area (Å²) < 4.78 is 1.68. The van der Waals surface area contributed by atoms with Crippen LogP contribution in [0.3, 0.4) is 0 Å². The van der Waals surface area contributed by atoms with Gasteiger partial charge in [0.1, 0.15) is 0 Å². The number of thiocarbonyl (C=S) groups is 1. The van der Waals surface area contributed by atoms with Gasteiger partial charge >= 0.3 is 0 Å². The molecule has 0 fully saturated rings. The summed E-state index contributed by atoms with van der Waals surface area (Å²) in [6.07, 6.45) is 0. The number of aryl methyl sites for hydroxylation is 1. The Kier molecular flexibility index (Phi) is 4.28. The first-order valence-corrected chi connectivity index (χ1v) is 5.47. The van der Waals surface area contributed by atoms with Crippen LogP contribution in [0.25, 0.3) is 5.69 Å². The van der Waals surface area contributed by atoms with E-state index in [1.165, 1.54) is 0 Å². The molecule has 0 radical (unpaired) electrons. The van der Waals surface area contributed by atoms with E-state index >= 15 is 0 Å². The van der Waals surface area contributed by atoms with E-state index in [0.29, 0.717) is 11.5 Å². The fraction of sp³-hybridized carbons (Fsp3) is 0.167. The van der Waals surface area contributed by atoms with Crippen LogP contribution in [0.2, 0.25) is 0 Å². The van der Waals surface area contributed by atoms with E-state index in [-0.39, 0.29) is 12.5 Å². The van der Waals surface area contributed by atoms with Crippen LogP contribution in [0.1, 0.15) is 13.1 Å². The maximum absolute atomic E-state index is 5.93. The summed E-state index contributed by atoms with van der Waals surface area (Å²) in [5, 5.41) is 7.35. The van der Waals surface area contributed by atoms with Crippen molar-refractivity contribution in [2.45, 2.75) is 14.4 Å². The summed E-state index contributed by atoms with van der Waals surface area (Å²) in [5.74, 6) is 0.598. The minimum atomic E-state index is 0. The van der Waals surface area contributed by atoms with E-state index in [4.69, 9.17) is 23.7 Å². The van der Waals surface area contributed by atoms with Crippen LogP contribution >= 0.6 is 12.2 Å². The van der Waals surface area contributed by atoms with Gasteiger partial charge in [0.15, 0.2) is 10.9 Å². The molecule has 0 aliphatic rings. The average Bonchev–Trinajstić information content (AvgIpc) is 2.58. The number of anilines is 2. The SMILES string of the molecule is C.Cc1nn(-c2ccccc2)c(NC(N)=S)c1N. The molecule has 18 heavy (non-hydrogen) atoms. The van der Waals surface area contributed by atoms with E-state index < -0.39 is 0 Å². The largest absolute Gasteiger partial charge is 0.394 e. The van der Waals surface area contributed by atoms with E-state index in [1.54, 1.807) is 4.68 Å². The molecule has 0 aliphatic carbocycles. The summed E-state index contributed by atoms with van der Waals surface area (Å²) >= 11 is 4.83. The quantitative estimate of drug-likeness (QED) is 0.722. The Morgan fingerprint density at radius 3 is 2.50 bits per heavy atom. The zero-order valence-electron chi connectivity index (χ0n) is 9.34. The molecule has 0 saturated carbocycles. The molecule has 6 heteroatoms. The third-order valence-corrected chi connectivity index (χ3v) is 2.45. The maximum atomic E-state index is 5.93. The Hall–Kier alpha value is -2.08. The lowest BCUT2D eigenvalue weighted by Crippen LogP contribution is -2.21. The van der Waals surface area contributed by atoms with E-state index in [1.807, 2.05) is 37.3 Å². The zero-order chi connectivity index (χ0) is 12.4. The van der Waals surface area contributed by atoms with Crippen LogP contribution in [0.4, 0.5) is 11.5 Å². The molecule has 0 unspecified atom stereocenters. The fourth-order valence-corrected chi connectivity index (χ4v) is 1.63. The Balaban J connectivity index is 0.00000162. The molecule has 1 heterocycles. The molecule has 5 N–H and O–H groups in total. The number of hydrogen-bond donors (Lipinski definition) is 3. The highest BCUT2D eigenvalue weighted by Crippen LogP contribution is 2.25. The first-order valence-electron chi connectivity index (χ1n) is 5.06. The van der Waals surface area contributed by atoms with Crippen molar-refractivity contribution in [2.24, 2.45) is 5.73 Å². The fourth-order valence-electron chi connectivity index (χ4n) is 1.53. The van der Waals surface area contributed by atoms with Crippen LogP contribution in [0.5, 0.6) is 0 Å². The van der Waals surface area contributed by atoms with Crippen LogP contribution in [0.15, 0.2) is 30.3 Å². The Morgan fingerprint density at radius 2 is 1.94 bits per heavy atom. The van der Waals surface area contributed by atoms with Crippen molar-refractivity contribution in [3.8, 4) is 5.69 Å². The zero-order valence-corrected chi connectivity index (χ0v) is 10.2. The number of hydrogen-bond acceptors (Lipinski definition) is 3. The van der Waals surface area contributed by atoms with Crippen molar-refractivity contribution >= 4 is 28.8 Å². The Bertz CT molecular complexity index is 547. The monoisotopic (exact) mass is 263 g/mol. The summed E-state index contributed by atoms with van der Waals surface area (Å²) in [7, 11) is 0. The Morgan fingerprint density at radius 1 is 1.33 bits per heavy atom. The number of para-hydroxylation sites is 1. The van der Waals surface area contributed by atoms with Gasteiger partial charge in [-0.1, -0.05) is 25.6 Å². The first kappa shape index (κ1) is 14.0. The molecular weight excluding hydrogens is 246 g/mol. The lowest BCUT2D eigenvalue weighted by molar-refractivity contribution is 0.871.